The Hall–Kier alpha value is -2.11. The van der Waals surface area contributed by atoms with Crippen molar-refractivity contribution in [1.29, 1.82) is 0 Å². The first-order chi connectivity index (χ1) is 14.4. The number of nitrogens with zero attached hydrogens (tertiary/aromatic N) is 1. The van der Waals surface area contributed by atoms with Crippen LogP contribution in [-0.2, 0) is 4.79 Å². The minimum atomic E-state index is -0.750. The van der Waals surface area contributed by atoms with Crippen molar-refractivity contribution in [2.75, 3.05) is 19.7 Å². The molecule has 2 aromatic carbocycles. The summed E-state index contributed by atoms with van der Waals surface area (Å²) in [5, 5.41) is 9.82. The zero-order valence-corrected chi connectivity index (χ0v) is 17.8. The van der Waals surface area contributed by atoms with Gasteiger partial charge in [-0.1, -0.05) is 23.7 Å². The number of halogens is 2. The van der Waals surface area contributed by atoms with Crippen LogP contribution < -0.4 is 4.74 Å². The van der Waals surface area contributed by atoms with Gasteiger partial charge in [0.2, 0.25) is 0 Å². The lowest BCUT2D eigenvalue weighted by Crippen LogP contribution is -2.50. The molecule has 4 nitrogen and oxygen atoms in total. The van der Waals surface area contributed by atoms with Crippen LogP contribution in [-0.4, -0.2) is 35.7 Å². The molecule has 0 spiro atoms. The van der Waals surface area contributed by atoms with Gasteiger partial charge in [0.05, 0.1) is 13.0 Å². The molecule has 2 aromatic rings. The van der Waals surface area contributed by atoms with Crippen LogP contribution in [0.1, 0.15) is 49.3 Å². The average molecular weight is 432 g/mol. The number of ether oxygens (including phenoxy) is 1. The molecule has 0 aromatic heterocycles. The van der Waals surface area contributed by atoms with Gasteiger partial charge in [-0.15, -0.1) is 0 Å². The minimum Gasteiger partial charge on any atom is -0.493 e. The molecule has 1 unspecified atom stereocenters. The van der Waals surface area contributed by atoms with Crippen LogP contribution in [0.25, 0.3) is 0 Å². The molecule has 1 heterocycles. The normalized spacial score (nSPS) is 19.2. The maximum Gasteiger partial charge on any atom is 0.303 e. The third-order valence-corrected chi connectivity index (χ3v) is 6.64. The first-order valence-corrected chi connectivity index (χ1v) is 10.9. The van der Waals surface area contributed by atoms with E-state index in [9.17, 15) is 14.3 Å². The fourth-order valence-electron chi connectivity index (χ4n) is 4.36. The second-order valence-corrected chi connectivity index (χ2v) is 8.99. The fraction of sp³-hybridized carbons (Fsp3) is 0.458. The van der Waals surface area contributed by atoms with Crippen molar-refractivity contribution >= 4 is 17.6 Å². The molecule has 2 aliphatic rings. The lowest BCUT2D eigenvalue weighted by molar-refractivity contribution is -0.137. The summed E-state index contributed by atoms with van der Waals surface area (Å²) < 4.78 is 19.6. The van der Waals surface area contributed by atoms with E-state index >= 15 is 0 Å². The maximum absolute atomic E-state index is 13.6. The van der Waals surface area contributed by atoms with Crippen molar-refractivity contribution in [3.63, 3.8) is 0 Å². The summed E-state index contributed by atoms with van der Waals surface area (Å²) >= 11 is 6.24. The SMILES string of the molecule is CC(c1cc(F)ccc1Cl)N1CC(COc2cccc([C@@H](CC(=O)O)C3CC3)c2)C1. The fourth-order valence-corrected chi connectivity index (χ4v) is 4.63. The Morgan fingerprint density at radius 1 is 1.27 bits per heavy atom. The van der Waals surface area contributed by atoms with E-state index in [1.165, 1.54) is 12.1 Å². The first kappa shape index (κ1) is 21.1. The van der Waals surface area contributed by atoms with E-state index in [1.54, 1.807) is 6.07 Å². The smallest absolute Gasteiger partial charge is 0.303 e. The Kier molecular flexibility index (Phi) is 6.30. The van der Waals surface area contributed by atoms with Gasteiger partial charge in [0.25, 0.3) is 0 Å². The Morgan fingerprint density at radius 3 is 2.73 bits per heavy atom. The van der Waals surface area contributed by atoms with Gasteiger partial charge in [0.1, 0.15) is 11.6 Å². The summed E-state index contributed by atoms with van der Waals surface area (Å²) in [6.45, 7) is 4.40. The number of hydrogen-bond donors (Lipinski definition) is 1. The first-order valence-electron chi connectivity index (χ1n) is 10.5. The lowest BCUT2D eigenvalue weighted by Gasteiger charge is -2.43. The van der Waals surface area contributed by atoms with Crippen LogP contribution in [0.4, 0.5) is 4.39 Å². The van der Waals surface area contributed by atoms with Gasteiger partial charge in [-0.2, -0.15) is 0 Å². The molecule has 0 bridgehead atoms. The van der Waals surface area contributed by atoms with Crippen LogP contribution in [0, 0.1) is 17.7 Å². The predicted molar refractivity (Wildman–Crippen MR) is 115 cm³/mol. The lowest BCUT2D eigenvalue weighted by atomic mass is 9.91. The molecule has 1 N–H and O–H groups in total. The van der Waals surface area contributed by atoms with E-state index in [0.717, 1.165) is 42.8 Å². The second-order valence-electron chi connectivity index (χ2n) is 8.59. The molecule has 2 atom stereocenters. The van der Waals surface area contributed by atoms with Gasteiger partial charge in [-0.05, 0) is 73.1 Å². The molecule has 0 radical (unpaired) electrons. The van der Waals surface area contributed by atoms with Crippen molar-refractivity contribution in [1.82, 2.24) is 4.90 Å². The van der Waals surface area contributed by atoms with Gasteiger partial charge >= 0.3 is 5.97 Å². The molecule has 2 fully saturated rings. The summed E-state index contributed by atoms with van der Waals surface area (Å²) in [5.74, 6) is 0.730. The number of aliphatic carboxylic acids is 1. The van der Waals surface area contributed by atoms with Crippen LogP contribution in [0.5, 0.6) is 5.75 Å². The standard InChI is InChI=1S/C24H27ClFNO3/c1-15(21-10-19(26)7-8-23(21)25)27-12-16(13-27)14-30-20-4-2-3-18(9-20)22(11-24(28)29)17-5-6-17/h2-4,7-10,15-17,22H,5-6,11-14H2,1H3,(H,28,29)/t15?,22-/m0/s1. The molecule has 1 aliphatic heterocycles. The summed E-state index contributed by atoms with van der Waals surface area (Å²) in [4.78, 5) is 13.5. The molecule has 6 heteroatoms. The van der Waals surface area contributed by atoms with Crippen molar-refractivity contribution in [2.24, 2.45) is 11.8 Å². The quantitative estimate of drug-likeness (QED) is 0.568. The highest BCUT2D eigenvalue weighted by molar-refractivity contribution is 6.31. The number of hydrogen-bond acceptors (Lipinski definition) is 3. The van der Waals surface area contributed by atoms with Gasteiger partial charge in [0.15, 0.2) is 0 Å². The summed E-state index contributed by atoms with van der Waals surface area (Å²) in [6.07, 6.45) is 2.38. The Morgan fingerprint density at radius 2 is 2.03 bits per heavy atom. The van der Waals surface area contributed by atoms with Gasteiger partial charge < -0.3 is 9.84 Å². The highest BCUT2D eigenvalue weighted by Crippen LogP contribution is 2.45. The van der Waals surface area contributed by atoms with Crippen molar-refractivity contribution in [3.8, 4) is 5.75 Å². The number of rotatable bonds is 9. The predicted octanol–water partition coefficient (Wildman–Crippen LogP) is 5.52. The number of likely N-dealkylation sites (tertiary alicyclic amines) is 1. The van der Waals surface area contributed by atoms with E-state index in [1.807, 2.05) is 31.2 Å². The number of carbonyl (C=O) groups is 1. The van der Waals surface area contributed by atoms with Gasteiger partial charge in [-0.3, -0.25) is 9.69 Å². The highest BCUT2D eigenvalue weighted by atomic mass is 35.5. The summed E-state index contributed by atoms with van der Waals surface area (Å²) in [7, 11) is 0. The van der Waals surface area contributed by atoms with Gasteiger partial charge in [-0.25, -0.2) is 4.39 Å². The molecule has 1 aliphatic carbocycles. The molecule has 160 valence electrons. The molecular formula is C24H27ClFNO3. The van der Waals surface area contributed by atoms with Crippen LogP contribution in [0.2, 0.25) is 5.02 Å². The second kappa shape index (κ2) is 8.94. The van der Waals surface area contributed by atoms with E-state index in [2.05, 4.69) is 4.90 Å². The Bertz CT molecular complexity index is 911. The van der Waals surface area contributed by atoms with Crippen LogP contribution in [0.15, 0.2) is 42.5 Å². The van der Waals surface area contributed by atoms with Crippen molar-refractivity contribution in [3.05, 3.63) is 64.4 Å². The topological polar surface area (TPSA) is 49.8 Å². The monoisotopic (exact) mass is 431 g/mol. The van der Waals surface area contributed by atoms with E-state index in [0.29, 0.717) is 23.5 Å². The van der Waals surface area contributed by atoms with Crippen molar-refractivity contribution in [2.45, 2.75) is 38.1 Å². The highest BCUT2D eigenvalue weighted by Gasteiger charge is 2.34. The van der Waals surface area contributed by atoms with Crippen LogP contribution in [0.3, 0.4) is 0 Å². The third kappa shape index (κ3) is 4.96. The molecule has 0 amide bonds. The van der Waals surface area contributed by atoms with Crippen LogP contribution >= 0.6 is 11.6 Å². The number of carboxylic acids is 1. The molecule has 1 saturated heterocycles. The molecule has 30 heavy (non-hydrogen) atoms. The zero-order valence-electron chi connectivity index (χ0n) is 17.1. The Balaban J connectivity index is 1.30. The molecule has 1 saturated carbocycles. The van der Waals surface area contributed by atoms with Crippen molar-refractivity contribution < 1.29 is 19.0 Å². The average Bonchev–Trinajstić information content (AvgIpc) is 3.52. The maximum atomic E-state index is 13.6. The van der Waals surface area contributed by atoms with E-state index in [4.69, 9.17) is 16.3 Å². The van der Waals surface area contributed by atoms with E-state index in [-0.39, 0.29) is 24.2 Å². The van der Waals surface area contributed by atoms with Gasteiger partial charge in [0, 0.05) is 30.1 Å². The third-order valence-electron chi connectivity index (χ3n) is 6.30. The Labute approximate surface area is 181 Å². The number of benzene rings is 2. The minimum absolute atomic E-state index is 0.0584. The molecular weight excluding hydrogens is 405 g/mol. The number of carboxylic acid groups (broad SMARTS) is 1. The zero-order chi connectivity index (χ0) is 21.3. The molecule has 4 rings (SSSR count). The summed E-state index contributed by atoms with van der Waals surface area (Å²) in [6, 6.07) is 12.4. The van der Waals surface area contributed by atoms with E-state index < -0.39 is 5.97 Å². The largest absolute Gasteiger partial charge is 0.493 e. The summed E-state index contributed by atoms with van der Waals surface area (Å²) in [5.41, 5.74) is 1.87.